The van der Waals surface area contributed by atoms with Crippen LogP contribution in [0.4, 0.5) is 0 Å². The number of methoxy groups -OCH3 is 4. The van der Waals surface area contributed by atoms with Crippen molar-refractivity contribution in [3.63, 3.8) is 0 Å². The fourth-order valence-corrected chi connectivity index (χ4v) is 5.22. The first-order chi connectivity index (χ1) is 19.9. The van der Waals surface area contributed by atoms with Gasteiger partial charge in [0.25, 0.3) is 0 Å². The summed E-state index contributed by atoms with van der Waals surface area (Å²) in [6.45, 7) is 1.45. The number of carbonyl (C=O) groups excluding carboxylic acids is 2. The number of Topliss-reactive ketones (excluding diaryl/α,β-unsaturated/α-hetero) is 1. The number of ether oxygens (including phenoxy) is 5. The van der Waals surface area contributed by atoms with Gasteiger partial charge in [-0.15, -0.1) is 0 Å². The van der Waals surface area contributed by atoms with Gasteiger partial charge < -0.3 is 23.7 Å². The van der Waals surface area contributed by atoms with Gasteiger partial charge in [0.05, 0.1) is 45.2 Å². The van der Waals surface area contributed by atoms with Gasteiger partial charge in [-0.25, -0.2) is 9.78 Å². The van der Waals surface area contributed by atoms with Crippen LogP contribution in [0.2, 0.25) is 0 Å². The van der Waals surface area contributed by atoms with Crippen molar-refractivity contribution >= 4 is 34.3 Å². The SMILES string of the molecule is COc1ccc(C(C)=O)cc1COC(=O)c1c2c(nc3ccccc13)C(=Cc1cc(OC)c(OC)c(OC)c1)CC2. The lowest BCUT2D eigenvalue weighted by molar-refractivity contribution is 0.0471. The van der Waals surface area contributed by atoms with E-state index in [1.165, 1.54) is 6.92 Å². The zero-order chi connectivity index (χ0) is 29.1. The average Bonchev–Trinajstić information content (AvgIpc) is 3.39. The summed E-state index contributed by atoms with van der Waals surface area (Å²) in [4.78, 5) is 30.6. The van der Waals surface area contributed by atoms with Crippen molar-refractivity contribution in [3.8, 4) is 23.0 Å². The molecule has 1 aromatic heterocycles. The van der Waals surface area contributed by atoms with Gasteiger partial charge in [0.15, 0.2) is 17.3 Å². The van der Waals surface area contributed by atoms with Crippen molar-refractivity contribution in [2.45, 2.75) is 26.4 Å². The number of hydrogen-bond donors (Lipinski definition) is 0. The standard InChI is InChI=1S/C33H31NO7/c1-19(35)21-11-13-27(37-2)23(17-21)18-41-33(36)30-24-8-6-7-9-26(24)34-31-22(10-12-25(30)31)14-20-15-28(38-3)32(40-5)29(16-20)39-4/h6-9,11,13-17H,10,12,18H2,1-5H3. The van der Waals surface area contributed by atoms with E-state index in [1.807, 2.05) is 42.5 Å². The minimum Gasteiger partial charge on any atom is -0.496 e. The average molecular weight is 554 g/mol. The first-order valence-corrected chi connectivity index (χ1v) is 13.2. The Hall–Kier alpha value is -4.85. The van der Waals surface area contributed by atoms with Crippen LogP contribution in [0.25, 0.3) is 22.6 Å². The number of pyridine rings is 1. The number of fused-ring (bicyclic) bond motifs is 2. The Balaban J connectivity index is 1.54. The van der Waals surface area contributed by atoms with E-state index in [4.69, 9.17) is 28.7 Å². The number of para-hydroxylation sites is 1. The number of hydrogen-bond acceptors (Lipinski definition) is 8. The summed E-state index contributed by atoms with van der Waals surface area (Å²) >= 11 is 0. The van der Waals surface area contributed by atoms with Crippen LogP contribution >= 0.6 is 0 Å². The maximum atomic E-state index is 13.7. The first kappa shape index (κ1) is 27.7. The predicted molar refractivity (Wildman–Crippen MR) is 156 cm³/mol. The molecule has 8 nitrogen and oxygen atoms in total. The molecule has 1 aliphatic rings. The van der Waals surface area contributed by atoms with E-state index in [-0.39, 0.29) is 12.4 Å². The quantitative estimate of drug-likeness (QED) is 0.176. The van der Waals surface area contributed by atoms with Crippen molar-refractivity contribution in [1.29, 1.82) is 0 Å². The first-order valence-electron chi connectivity index (χ1n) is 13.2. The normalized spacial score (nSPS) is 13.1. The summed E-state index contributed by atoms with van der Waals surface area (Å²) in [5.74, 6) is 1.63. The van der Waals surface area contributed by atoms with E-state index in [0.29, 0.717) is 58.0 Å². The monoisotopic (exact) mass is 553 g/mol. The topological polar surface area (TPSA) is 93.2 Å². The summed E-state index contributed by atoms with van der Waals surface area (Å²) < 4.78 is 27.8. The summed E-state index contributed by atoms with van der Waals surface area (Å²) in [5, 5.41) is 0.731. The second kappa shape index (κ2) is 11.7. The highest BCUT2D eigenvalue weighted by molar-refractivity contribution is 6.07. The Morgan fingerprint density at radius 3 is 2.22 bits per heavy atom. The Morgan fingerprint density at radius 2 is 1.56 bits per heavy atom. The molecule has 0 aliphatic heterocycles. The van der Waals surface area contributed by atoms with E-state index in [0.717, 1.165) is 27.8 Å². The van der Waals surface area contributed by atoms with Gasteiger partial charge in [0.1, 0.15) is 12.4 Å². The minimum atomic E-state index is -0.454. The third-order valence-electron chi connectivity index (χ3n) is 7.22. The molecular formula is C33H31NO7. The molecule has 0 N–H and O–H groups in total. The summed E-state index contributed by atoms with van der Waals surface area (Å²) in [7, 11) is 6.27. The second-order valence-electron chi connectivity index (χ2n) is 9.62. The van der Waals surface area contributed by atoms with Crippen molar-refractivity contribution in [2.24, 2.45) is 0 Å². The van der Waals surface area contributed by atoms with Crippen LogP contribution in [0.15, 0.2) is 54.6 Å². The zero-order valence-corrected chi connectivity index (χ0v) is 23.7. The molecule has 0 amide bonds. The van der Waals surface area contributed by atoms with Crippen LogP contribution in [0.5, 0.6) is 23.0 Å². The van der Waals surface area contributed by atoms with Crippen molar-refractivity contribution < 1.29 is 33.3 Å². The molecule has 5 rings (SSSR count). The Labute approximate surface area is 238 Å². The smallest absolute Gasteiger partial charge is 0.339 e. The van der Waals surface area contributed by atoms with Gasteiger partial charge in [-0.2, -0.15) is 0 Å². The van der Waals surface area contributed by atoms with Gasteiger partial charge in [0.2, 0.25) is 5.75 Å². The van der Waals surface area contributed by atoms with Crippen molar-refractivity contribution in [3.05, 3.63) is 88.1 Å². The molecule has 3 aromatic carbocycles. The molecule has 0 radical (unpaired) electrons. The molecule has 0 spiro atoms. The number of carbonyl (C=O) groups is 2. The molecule has 0 atom stereocenters. The van der Waals surface area contributed by atoms with Crippen molar-refractivity contribution in [1.82, 2.24) is 4.98 Å². The number of esters is 1. The maximum Gasteiger partial charge on any atom is 0.339 e. The molecule has 210 valence electrons. The van der Waals surface area contributed by atoms with Crippen LogP contribution < -0.4 is 18.9 Å². The largest absolute Gasteiger partial charge is 0.496 e. The van der Waals surface area contributed by atoms with E-state index >= 15 is 0 Å². The van der Waals surface area contributed by atoms with Crippen LogP contribution in [0.1, 0.15) is 56.4 Å². The zero-order valence-electron chi connectivity index (χ0n) is 23.7. The van der Waals surface area contributed by atoms with Gasteiger partial charge in [0, 0.05) is 16.5 Å². The highest BCUT2D eigenvalue weighted by Gasteiger charge is 2.28. The van der Waals surface area contributed by atoms with Crippen LogP contribution in [0.3, 0.4) is 0 Å². The number of ketones is 1. The third-order valence-corrected chi connectivity index (χ3v) is 7.22. The number of allylic oxidation sites excluding steroid dienone is 1. The molecule has 4 aromatic rings. The lowest BCUT2D eigenvalue weighted by Crippen LogP contribution is -2.11. The molecule has 1 heterocycles. The molecule has 0 unspecified atom stereocenters. The summed E-state index contributed by atoms with van der Waals surface area (Å²) in [5.41, 5.74) is 5.80. The van der Waals surface area contributed by atoms with E-state index in [1.54, 1.807) is 46.6 Å². The van der Waals surface area contributed by atoms with Gasteiger partial charge in [-0.1, -0.05) is 18.2 Å². The van der Waals surface area contributed by atoms with E-state index in [9.17, 15) is 9.59 Å². The molecule has 0 saturated carbocycles. The Bertz CT molecular complexity index is 1660. The van der Waals surface area contributed by atoms with Gasteiger partial charge >= 0.3 is 5.97 Å². The van der Waals surface area contributed by atoms with E-state index in [2.05, 4.69) is 0 Å². The summed E-state index contributed by atoms with van der Waals surface area (Å²) in [6, 6.07) is 16.4. The summed E-state index contributed by atoms with van der Waals surface area (Å²) in [6.07, 6.45) is 3.37. The molecule has 1 aliphatic carbocycles. The molecular weight excluding hydrogens is 522 g/mol. The Morgan fingerprint density at radius 1 is 0.854 bits per heavy atom. The number of rotatable bonds is 9. The fourth-order valence-electron chi connectivity index (χ4n) is 5.22. The van der Waals surface area contributed by atoms with Crippen LogP contribution in [-0.2, 0) is 17.8 Å². The van der Waals surface area contributed by atoms with Gasteiger partial charge in [-0.05, 0) is 78.9 Å². The fraction of sp³-hybridized carbons (Fsp3) is 0.242. The van der Waals surface area contributed by atoms with Gasteiger partial charge in [-0.3, -0.25) is 4.79 Å². The predicted octanol–water partition coefficient (Wildman–Crippen LogP) is 6.32. The Kier molecular flexibility index (Phi) is 7.92. The molecule has 0 fully saturated rings. The number of nitrogens with zero attached hydrogens (tertiary/aromatic N) is 1. The molecule has 0 bridgehead atoms. The molecule has 8 heteroatoms. The second-order valence-corrected chi connectivity index (χ2v) is 9.62. The third kappa shape index (κ3) is 5.33. The highest BCUT2D eigenvalue weighted by Crippen LogP contribution is 2.42. The maximum absolute atomic E-state index is 13.7. The number of benzene rings is 3. The highest BCUT2D eigenvalue weighted by atomic mass is 16.5. The lowest BCUT2D eigenvalue weighted by atomic mass is 10.0. The minimum absolute atomic E-state index is 0.0390. The number of aromatic nitrogens is 1. The van der Waals surface area contributed by atoms with E-state index < -0.39 is 5.97 Å². The van der Waals surface area contributed by atoms with Crippen LogP contribution in [-0.4, -0.2) is 45.2 Å². The van der Waals surface area contributed by atoms with Crippen LogP contribution in [0, 0.1) is 0 Å². The lowest BCUT2D eigenvalue weighted by Gasteiger charge is -2.14. The molecule has 0 saturated heterocycles. The molecule has 41 heavy (non-hydrogen) atoms. The van der Waals surface area contributed by atoms with Crippen molar-refractivity contribution in [2.75, 3.05) is 28.4 Å².